The van der Waals surface area contributed by atoms with E-state index in [4.69, 9.17) is 4.74 Å². The van der Waals surface area contributed by atoms with E-state index in [1.54, 1.807) is 6.08 Å². The molecule has 0 aromatic heterocycles. The van der Waals surface area contributed by atoms with Crippen LogP contribution in [0.3, 0.4) is 0 Å². The number of rotatable bonds is 2. The normalized spacial score (nSPS) is 12.4. The van der Waals surface area contributed by atoms with Crippen LogP contribution < -0.4 is 0 Å². The molecule has 0 saturated heterocycles. The van der Waals surface area contributed by atoms with E-state index in [-0.39, 0.29) is 5.97 Å². The summed E-state index contributed by atoms with van der Waals surface area (Å²) in [6, 6.07) is 5.72. The molecule has 3 heteroatoms. The molecule has 1 aromatic carbocycles. The predicted octanol–water partition coefficient (Wildman–Crippen LogP) is 4.03. The standard InChI is InChI=1S/C15H20O2S/c1-6-12(14(16)17-15(3,4)5)11-7-8-13(18)10(2)9-11/h6-9,18H,1-5H3. The summed E-state index contributed by atoms with van der Waals surface area (Å²) in [5.74, 6) is -0.295. The van der Waals surface area contributed by atoms with Crippen molar-refractivity contribution in [3.05, 3.63) is 35.4 Å². The molecule has 18 heavy (non-hydrogen) atoms. The Bertz CT molecular complexity index is 482. The van der Waals surface area contributed by atoms with Crippen LogP contribution in [0.25, 0.3) is 5.57 Å². The minimum absolute atomic E-state index is 0.295. The number of allylic oxidation sites excluding steroid dienone is 1. The Hall–Kier alpha value is -1.22. The van der Waals surface area contributed by atoms with Crippen molar-refractivity contribution in [2.75, 3.05) is 0 Å². The summed E-state index contributed by atoms with van der Waals surface area (Å²) in [5, 5.41) is 0. The van der Waals surface area contributed by atoms with E-state index in [0.29, 0.717) is 5.57 Å². The predicted molar refractivity (Wildman–Crippen MR) is 77.9 cm³/mol. The van der Waals surface area contributed by atoms with Crippen LogP contribution in [0.1, 0.15) is 38.8 Å². The van der Waals surface area contributed by atoms with Gasteiger partial charge in [0.2, 0.25) is 0 Å². The first-order valence-corrected chi connectivity index (χ1v) is 6.39. The molecule has 0 bridgehead atoms. The van der Waals surface area contributed by atoms with Gasteiger partial charge in [0.15, 0.2) is 0 Å². The van der Waals surface area contributed by atoms with Crippen LogP contribution in [0.15, 0.2) is 29.2 Å². The lowest BCUT2D eigenvalue weighted by atomic mass is 10.0. The van der Waals surface area contributed by atoms with Crippen LogP contribution in [-0.4, -0.2) is 11.6 Å². The molecule has 0 radical (unpaired) electrons. The molecule has 98 valence electrons. The number of hydrogen-bond donors (Lipinski definition) is 1. The smallest absolute Gasteiger partial charge is 0.338 e. The maximum atomic E-state index is 12.1. The molecule has 0 N–H and O–H groups in total. The second kappa shape index (κ2) is 5.61. The SMILES string of the molecule is CC=C(C(=O)OC(C)(C)C)c1ccc(S)c(C)c1. The third-order valence-corrected chi connectivity index (χ3v) is 2.92. The molecule has 1 aromatic rings. The van der Waals surface area contributed by atoms with Crippen LogP contribution in [0.4, 0.5) is 0 Å². The molecule has 0 fully saturated rings. The monoisotopic (exact) mass is 264 g/mol. The summed E-state index contributed by atoms with van der Waals surface area (Å²) < 4.78 is 5.39. The number of esters is 1. The molecule has 0 aliphatic rings. The van der Waals surface area contributed by atoms with Gasteiger partial charge >= 0.3 is 5.97 Å². The average Bonchev–Trinajstić information content (AvgIpc) is 2.21. The Labute approximate surface area is 114 Å². The topological polar surface area (TPSA) is 26.3 Å². The number of thiol groups is 1. The van der Waals surface area contributed by atoms with Crippen molar-refractivity contribution in [3.8, 4) is 0 Å². The largest absolute Gasteiger partial charge is 0.456 e. The molecule has 0 aliphatic heterocycles. The van der Waals surface area contributed by atoms with Crippen molar-refractivity contribution in [1.82, 2.24) is 0 Å². The second-order valence-corrected chi connectivity index (χ2v) is 5.69. The molecular weight excluding hydrogens is 244 g/mol. The molecule has 1 rings (SSSR count). The molecule has 0 unspecified atom stereocenters. The van der Waals surface area contributed by atoms with Crippen LogP contribution in [0.2, 0.25) is 0 Å². The first kappa shape index (κ1) is 14.8. The highest BCUT2D eigenvalue weighted by atomic mass is 32.1. The van der Waals surface area contributed by atoms with Crippen LogP contribution in [0, 0.1) is 6.92 Å². The quantitative estimate of drug-likeness (QED) is 0.496. The van der Waals surface area contributed by atoms with Gasteiger partial charge in [0, 0.05) is 4.90 Å². The van der Waals surface area contributed by atoms with Crippen molar-refractivity contribution in [2.45, 2.75) is 45.1 Å². The molecule has 2 nitrogen and oxygen atoms in total. The highest BCUT2D eigenvalue weighted by molar-refractivity contribution is 7.80. The Balaban J connectivity index is 3.04. The van der Waals surface area contributed by atoms with E-state index in [1.807, 2.05) is 52.8 Å². The number of benzene rings is 1. The van der Waals surface area contributed by atoms with Gasteiger partial charge < -0.3 is 4.74 Å². The summed E-state index contributed by atoms with van der Waals surface area (Å²) >= 11 is 4.33. The van der Waals surface area contributed by atoms with Gasteiger partial charge in [-0.25, -0.2) is 4.79 Å². The molecule has 0 spiro atoms. The summed E-state index contributed by atoms with van der Waals surface area (Å²) in [5.41, 5.74) is 2.01. The van der Waals surface area contributed by atoms with Crippen LogP contribution in [-0.2, 0) is 9.53 Å². The fourth-order valence-corrected chi connectivity index (χ4v) is 1.70. The van der Waals surface area contributed by atoms with E-state index in [0.717, 1.165) is 16.0 Å². The zero-order valence-corrected chi connectivity index (χ0v) is 12.5. The summed E-state index contributed by atoms with van der Waals surface area (Å²) in [7, 11) is 0. The lowest BCUT2D eigenvalue weighted by Crippen LogP contribution is -2.24. The average molecular weight is 264 g/mol. The number of aryl methyl sites for hydroxylation is 1. The van der Waals surface area contributed by atoms with Crippen molar-refractivity contribution in [2.24, 2.45) is 0 Å². The minimum atomic E-state index is -0.482. The molecule has 0 amide bonds. The van der Waals surface area contributed by atoms with Crippen molar-refractivity contribution in [3.63, 3.8) is 0 Å². The van der Waals surface area contributed by atoms with Gasteiger partial charge in [0.05, 0.1) is 5.57 Å². The number of carbonyl (C=O) groups is 1. The number of ether oxygens (including phenoxy) is 1. The molecular formula is C15H20O2S. The number of hydrogen-bond acceptors (Lipinski definition) is 3. The highest BCUT2D eigenvalue weighted by Crippen LogP contribution is 2.23. The van der Waals surface area contributed by atoms with Gasteiger partial charge in [-0.3, -0.25) is 0 Å². The second-order valence-electron chi connectivity index (χ2n) is 5.21. The van der Waals surface area contributed by atoms with Gasteiger partial charge in [-0.2, -0.15) is 0 Å². The Morgan fingerprint density at radius 1 is 1.33 bits per heavy atom. The maximum Gasteiger partial charge on any atom is 0.338 e. The maximum absolute atomic E-state index is 12.1. The molecule has 0 aliphatic carbocycles. The van der Waals surface area contributed by atoms with E-state index < -0.39 is 5.60 Å². The third kappa shape index (κ3) is 3.91. The Morgan fingerprint density at radius 3 is 2.39 bits per heavy atom. The lowest BCUT2D eigenvalue weighted by molar-refractivity contribution is -0.147. The fraction of sp³-hybridized carbons (Fsp3) is 0.400. The first-order chi connectivity index (χ1) is 8.24. The van der Waals surface area contributed by atoms with E-state index in [9.17, 15) is 4.79 Å². The first-order valence-electron chi connectivity index (χ1n) is 5.94. The fourth-order valence-electron chi connectivity index (χ4n) is 1.56. The zero-order valence-electron chi connectivity index (χ0n) is 11.6. The van der Waals surface area contributed by atoms with Gasteiger partial charge in [-0.1, -0.05) is 18.2 Å². The summed E-state index contributed by atoms with van der Waals surface area (Å²) in [6.07, 6.45) is 1.78. The summed E-state index contributed by atoms with van der Waals surface area (Å²) in [6.45, 7) is 9.39. The Kier molecular flexibility index (Phi) is 4.63. The van der Waals surface area contributed by atoms with Gasteiger partial charge in [-0.15, -0.1) is 12.6 Å². The van der Waals surface area contributed by atoms with E-state index in [1.165, 1.54) is 0 Å². The van der Waals surface area contributed by atoms with E-state index >= 15 is 0 Å². The lowest BCUT2D eigenvalue weighted by Gasteiger charge is -2.20. The van der Waals surface area contributed by atoms with E-state index in [2.05, 4.69) is 12.6 Å². The summed E-state index contributed by atoms with van der Waals surface area (Å²) in [4.78, 5) is 13.0. The highest BCUT2D eigenvalue weighted by Gasteiger charge is 2.20. The molecule has 0 atom stereocenters. The van der Waals surface area contributed by atoms with Gasteiger partial charge in [0.25, 0.3) is 0 Å². The number of carbonyl (C=O) groups excluding carboxylic acids is 1. The van der Waals surface area contributed by atoms with Crippen molar-refractivity contribution >= 4 is 24.2 Å². The third-order valence-electron chi connectivity index (χ3n) is 2.42. The zero-order chi connectivity index (χ0) is 13.9. The molecule has 0 heterocycles. The Morgan fingerprint density at radius 2 is 1.94 bits per heavy atom. The van der Waals surface area contributed by atoms with Crippen molar-refractivity contribution < 1.29 is 9.53 Å². The van der Waals surface area contributed by atoms with Crippen LogP contribution in [0.5, 0.6) is 0 Å². The molecule has 0 saturated carbocycles. The van der Waals surface area contributed by atoms with Crippen LogP contribution >= 0.6 is 12.6 Å². The minimum Gasteiger partial charge on any atom is -0.456 e. The van der Waals surface area contributed by atoms with Gasteiger partial charge in [0.1, 0.15) is 5.60 Å². The van der Waals surface area contributed by atoms with Gasteiger partial charge in [-0.05, 0) is 51.8 Å². The van der Waals surface area contributed by atoms with Crippen molar-refractivity contribution in [1.29, 1.82) is 0 Å².